The highest BCUT2D eigenvalue weighted by molar-refractivity contribution is 6.22. The van der Waals surface area contributed by atoms with Gasteiger partial charge in [0.1, 0.15) is 6.54 Å². The second-order valence-corrected chi connectivity index (χ2v) is 6.93. The Morgan fingerprint density at radius 2 is 1.38 bits per heavy atom. The lowest BCUT2D eigenvalue weighted by Gasteiger charge is -2.13. The lowest BCUT2D eigenvalue weighted by atomic mass is 10.1. The molecule has 3 rings (SSSR count). The van der Waals surface area contributed by atoms with Gasteiger partial charge >= 0.3 is 0 Å². The van der Waals surface area contributed by atoms with Gasteiger partial charge in [-0.15, -0.1) is 0 Å². The molecule has 7 heteroatoms. The number of nitrogens with zero attached hydrogens (tertiary/aromatic N) is 1. The van der Waals surface area contributed by atoms with Crippen LogP contribution in [0.4, 0.5) is 0 Å². The molecule has 2 N–H and O–H groups in total. The van der Waals surface area contributed by atoms with Crippen LogP contribution in [-0.2, 0) is 16.0 Å². The van der Waals surface area contributed by atoms with Crippen LogP contribution in [0.1, 0.15) is 38.3 Å². The van der Waals surface area contributed by atoms with Crippen molar-refractivity contribution in [1.82, 2.24) is 15.5 Å². The van der Waals surface area contributed by atoms with Crippen LogP contribution in [0.5, 0.6) is 0 Å². The first-order chi connectivity index (χ1) is 14.0. The van der Waals surface area contributed by atoms with E-state index in [4.69, 9.17) is 0 Å². The maximum absolute atomic E-state index is 12.2. The molecule has 0 saturated heterocycles. The number of hydrogen-bond donors (Lipinski definition) is 2. The van der Waals surface area contributed by atoms with Gasteiger partial charge in [0.05, 0.1) is 11.1 Å². The maximum Gasteiger partial charge on any atom is 0.262 e. The van der Waals surface area contributed by atoms with Crippen LogP contribution in [0.15, 0.2) is 48.5 Å². The number of carbonyl (C=O) groups excluding carboxylic acids is 4. The third-order valence-electron chi connectivity index (χ3n) is 4.71. The van der Waals surface area contributed by atoms with Crippen LogP contribution < -0.4 is 10.6 Å². The molecule has 0 unspecified atom stereocenters. The molecule has 1 aliphatic heterocycles. The minimum Gasteiger partial charge on any atom is -0.354 e. The van der Waals surface area contributed by atoms with Gasteiger partial charge < -0.3 is 10.6 Å². The average Bonchev–Trinajstić information content (AvgIpc) is 2.96. The van der Waals surface area contributed by atoms with E-state index in [0.717, 1.165) is 10.5 Å². The summed E-state index contributed by atoms with van der Waals surface area (Å²) in [7, 11) is 0. The van der Waals surface area contributed by atoms with Gasteiger partial charge in [0, 0.05) is 19.5 Å². The summed E-state index contributed by atoms with van der Waals surface area (Å²) in [6, 6.07) is 14.5. The van der Waals surface area contributed by atoms with Crippen molar-refractivity contribution in [2.45, 2.75) is 19.8 Å². The molecular formula is C22H23N3O4. The molecule has 2 aromatic carbocycles. The van der Waals surface area contributed by atoms with Gasteiger partial charge in [-0.25, -0.2) is 0 Å². The lowest BCUT2D eigenvalue weighted by molar-refractivity contribution is -0.123. The summed E-state index contributed by atoms with van der Waals surface area (Å²) in [5.74, 6) is -1.48. The second kappa shape index (κ2) is 9.14. The molecule has 2 aromatic rings. The molecule has 0 atom stereocenters. The highest BCUT2D eigenvalue weighted by Gasteiger charge is 2.36. The van der Waals surface area contributed by atoms with E-state index < -0.39 is 17.7 Å². The molecule has 0 spiro atoms. The standard InChI is InChI=1S/C22H23N3O4/c1-15-6-8-16(9-7-15)10-11-19(26)23-12-13-24-20(27)14-25-21(28)17-4-2-3-5-18(17)22(25)29/h2-9H,10-14H2,1H3,(H,23,26)(H,24,27). The summed E-state index contributed by atoms with van der Waals surface area (Å²) in [6.07, 6.45) is 1.02. The molecule has 150 valence electrons. The number of imide groups is 1. The van der Waals surface area contributed by atoms with Crippen molar-refractivity contribution in [2.75, 3.05) is 19.6 Å². The zero-order valence-electron chi connectivity index (χ0n) is 16.2. The summed E-state index contributed by atoms with van der Waals surface area (Å²) in [5.41, 5.74) is 2.90. The van der Waals surface area contributed by atoms with Crippen molar-refractivity contribution >= 4 is 23.6 Å². The normalized spacial score (nSPS) is 12.7. The first-order valence-corrected chi connectivity index (χ1v) is 9.50. The Hall–Kier alpha value is -3.48. The molecule has 7 nitrogen and oxygen atoms in total. The summed E-state index contributed by atoms with van der Waals surface area (Å²) in [6.45, 7) is 2.17. The molecule has 0 radical (unpaired) electrons. The van der Waals surface area contributed by atoms with Crippen LogP contribution in [0, 0.1) is 6.92 Å². The van der Waals surface area contributed by atoms with Gasteiger partial charge in [0.2, 0.25) is 11.8 Å². The van der Waals surface area contributed by atoms with E-state index in [9.17, 15) is 19.2 Å². The smallest absolute Gasteiger partial charge is 0.262 e. The van der Waals surface area contributed by atoms with Crippen LogP contribution in [0.2, 0.25) is 0 Å². The van der Waals surface area contributed by atoms with Crippen molar-refractivity contribution in [3.05, 3.63) is 70.8 Å². The van der Waals surface area contributed by atoms with Gasteiger partial charge in [-0.05, 0) is 31.0 Å². The summed E-state index contributed by atoms with van der Waals surface area (Å²) in [4.78, 5) is 49.4. The second-order valence-electron chi connectivity index (χ2n) is 6.93. The minimum atomic E-state index is -0.467. The monoisotopic (exact) mass is 393 g/mol. The molecule has 0 aliphatic carbocycles. The van der Waals surface area contributed by atoms with Crippen molar-refractivity contribution in [3.8, 4) is 0 Å². The number of benzene rings is 2. The van der Waals surface area contributed by atoms with E-state index in [2.05, 4.69) is 10.6 Å². The molecular weight excluding hydrogens is 370 g/mol. The fourth-order valence-corrected chi connectivity index (χ4v) is 3.09. The van der Waals surface area contributed by atoms with E-state index >= 15 is 0 Å². The van der Waals surface area contributed by atoms with Crippen LogP contribution in [-0.4, -0.2) is 48.2 Å². The van der Waals surface area contributed by atoms with E-state index in [1.54, 1.807) is 24.3 Å². The third kappa shape index (κ3) is 5.07. The number of hydrogen-bond acceptors (Lipinski definition) is 4. The topological polar surface area (TPSA) is 95.6 Å². The third-order valence-corrected chi connectivity index (χ3v) is 4.71. The highest BCUT2D eigenvalue weighted by Crippen LogP contribution is 2.21. The Balaban J connectivity index is 1.35. The molecule has 1 aliphatic rings. The quantitative estimate of drug-likeness (QED) is 0.524. The van der Waals surface area contributed by atoms with Crippen LogP contribution in [0.3, 0.4) is 0 Å². The minimum absolute atomic E-state index is 0.0971. The number of rotatable bonds is 8. The zero-order chi connectivity index (χ0) is 20.8. The Labute approximate surface area is 169 Å². The van der Waals surface area contributed by atoms with E-state index in [-0.39, 0.29) is 25.5 Å². The molecule has 4 amide bonds. The van der Waals surface area contributed by atoms with E-state index in [1.807, 2.05) is 31.2 Å². The Bertz CT molecular complexity index is 902. The Morgan fingerprint density at radius 1 is 0.828 bits per heavy atom. The lowest BCUT2D eigenvalue weighted by Crippen LogP contribution is -2.42. The molecule has 29 heavy (non-hydrogen) atoms. The first kappa shape index (κ1) is 20.3. The number of aryl methyl sites for hydroxylation is 2. The summed E-state index contributed by atoms with van der Waals surface area (Å²) >= 11 is 0. The van der Waals surface area contributed by atoms with E-state index in [1.165, 1.54) is 5.56 Å². The largest absolute Gasteiger partial charge is 0.354 e. The van der Waals surface area contributed by atoms with Crippen molar-refractivity contribution in [2.24, 2.45) is 0 Å². The zero-order valence-corrected chi connectivity index (χ0v) is 16.2. The van der Waals surface area contributed by atoms with Gasteiger partial charge in [0.15, 0.2) is 0 Å². The summed E-state index contributed by atoms with van der Waals surface area (Å²) in [5, 5.41) is 5.36. The maximum atomic E-state index is 12.2. The highest BCUT2D eigenvalue weighted by atomic mass is 16.2. The van der Waals surface area contributed by atoms with Gasteiger partial charge in [-0.3, -0.25) is 24.1 Å². The van der Waals surface area contributed by atoms with Crippen molar-refractivity contribution in [3.63, 3.8) is 0 Å². The number of nitrogens with one attached hydrogen (secondary N) is 2. The van der Waals surface area contributed by atoms with Gasteiger partial charge in [-0.1, -0.05) is 42.0 Å². The van der Waals surface area contributed by atoms with Crippen LogP contribution in [0.25, 0.3) is 0 Å². The Kier molecular flexibility index (Phi) is 6.39. The molecule has 1 heterocycles. The number of amides is 4. The fraction of sp³-hybridized carbons (Fsp3) is 0.273. The molecule has 0 fully saturated rings. The SMILES string of the molecule is Cc1ccc(CCC(=O)NCCNC(=O)CN2C(=O)c3ccccc3C2=O)cc1. The first-order valence-electron chi connectivity index (χ1n) is 9.50. The average molecular weight is 393 g/mol. The predicted molar refractivity (Wildman–Crippen MR) is 107 cm³/mol. The van der Waals surface area contributed by atoms with Crippen molar-refractivity contribution < 1.29 is 19.2 Å². The van der Waals surface area contributed by atoms with E-state index in [0.29, 0.717) is 24.0 Å². The van der Waals surface area contributed by atoms with Crippen molar-refractivity contribution in [1.29, 1.82) is 0 Å². The Morgan fingerprint density at radius 3 is 1.97 bits per heavy atom. The summed E-state index contributed by atoms with van der Waals surface area (Å²) < 4.78 is 0. The van der Waals surface area contributed by atoms with Crippen LogP contribution >= 0.6 is 0 Å². The molecule has 0 saturated carbocycles. The fourth-order valence-electron chi connectivity index (χ4n) is 3.09. The predicted octanol–water partition coefficient (Wildman–Crippen LogP) is 1.46. The molecule has 0 bridgehead atoms. The number of fused-ring (bicyclic) bond motifs is 1. The number of carbonyl (C=O) groups is 4. The van der Waals surface area contributed by atoms with Gasteiger partial charge in [-0.2, -0.15) is 0 Å². The van der Waals surface area contributed by atoms with Gasteiger partial charge in [0.25, 0.3) is 11.8 Å². The molecule has 0 aromatic heterocycles.